The smallest absolute Gasteiger partial charge is 0.147 e. The fourth-order valence-electron chi connectivity index (χ4n) is 1.94. The Hall–Kier alpha value is -0.810. The lowest BCUT2D eigenvalue weighted by Crippen LogP contribution is -2.32. The molecule has 2 heterocycles. The zero-order valence-corrected chi connectivity index (χ0v) is 12.2. The van der Waals surface area contributed by atoms with Crippen molar-refractivity contribution >= 4 is 17.6 Å². The zero-order chi connectivity index (χ0) is 13.0. The van der Waals surface area contributed by atoms with Crippen molar-refractivity contribution in [3.63, 3.8) is 0 Å². The normalized spacial score (nSPS) is 19.4. The molecule has 1 aromatic rings. The van der Waals surface area contributed by atoms with Gasteiger partial charge < -0.3 is 10.2 Å². The number of nitrogens with zero attached hydrogens (tertiary/aromatic N) is 3. The highest BCUT2D eigenvalue weighted by Crippen LogP contribution is 2.24. The second-order valence-electron chi connectivity index (χ2n) is 5.03. The quantitative estimate of drug-likeness (QED) is 0.882. The number of anilines is 1. The van der Waals surface area contributed by atoms with Gasteiger partial charge in [0.05, 0.1) is 18.1 Å². The zero-order valence-electron chi connectivity index (χ0n) is 11.4. The summed E-state index contributed by atoms with van der Waals surface area (Å²) in [4.78, 5) is 11.2. The first kappa shape index (κ1) is 13.6. The van der Waals surface area contributed by atoms with Gasteiger partial charge in [-0.25, -0.2) is 4.98 Å². The van der Waals surface area contributed by atoms with E-state index >= 15 is 0 Å². The number of nitrogens with one attached hydrogen (secondary N) is 1. The van der Waals surface area contributed by atoms with E-state index in [1.54, 1.807) is 0 Å². The van der Waals surface area contributed by atoms with Crippen molar-refractivity contribution in [2.45, 2.75) is 38.9 Å². The van der Waals surface area contributed by atoms with Crippen molar-refractivity contribution in [1.29, 1.82) is 0 Å². The van der Waals surface area contributed by atoms with E-state index in [9.17, 15) is 0 Å². The predicted molar refractivity (Wildman–Crippen MR) is 78.1 cm³/mol. The first-order valence-corrected chi connectivity index (χ1v) is 7.67. The summed E-state index contributed by atoms with van der Waals surface area (Å²) in [5.74, 6) is 3.45. The highest BCUT2D eigenvalue weighted by atomic mass is 32.2. The summed E-state index contributed by atoms with van der Waals surface area (Å²) in [7, 11) is 2.12. The Bertz CT molecular complexity index is 360. The topological polar surface area (TPSA) is 41.1 Å². The minimum atomic E-state index is 0.477. The summed E-state index contributed by atoms with van der Waals surface area (Å²) in [6.45, 7) is 5.05. The van der Waals surface area contributed by atoms with Crippen molar-refractivity contribution < 1.29 is 0 Å². The monoisotopic (exact) mass is 266 g/mol. The van der Waals surface area contributed by atoms with Crippen molar-refractivity contribution in [3.05, 3.63) is 18.1 Å². The van der Waals surface area contributed by atoms with E-state index in [4.69, 9.17) is 0 Å². The van der Waals surface area contributed by atoms with Gasteiger partial charge in [0.1, 0.15) is 5.82 Å². The molecular weight excluding hydrogens is 244 g/mol. The maximum Gasteiger partial charge on any atom is 0.147 e. The molecule has 0 saturated carbocycles. The number of rotatable bonds is 5. The van der Waals surface area contributed by atoms with Gasteiger partial charge in [-0.3, -0.25) is 4.98 Å². The third-order valence-electron chi connectivity index (χ3n) is 3.20. The van der Waals surface area contributed by atoms with Crippen LogP contribution >= 0.6 is 11.8 Å². The molecular formula is C13H22N4S. The average molecular weight is 266 g/mol. The van der Waals surface area contributed by atoms with Gasteiger partial charge in [0.2, 0.25) is 0 Å². The molecule has 5 heteroatoms. The third kappa shape index (κ3) is 3.59. The summed E-state index contributed by atoms with van der Waals surface area (Å²) in [6.07, 6.45) is 5.02. The molecule has 1 saturated heterocycles. The van der Waals surface area contributed by atoms with Crippen LogP contribution in [0.5, 0.6) is 0 Å². The molecule has 100 valence electrons. The van der Waals surface area contributed by atoms with E-state index in [1.807, 2.05) is 24.2 Å². The van der Waals surface area contributed by atoms with Gasteiger partial charge in [-0.15, -0.1) is 0 Å². The van der Waals surface area contributed by atoms with Crippen LogP contribution in [0.2, 0.25) is 0 Å². The lowest BCUT2D eigenvalue weighted by atomic mass is 10.2. The summed E-state index contributed by atoms with van der Waals surface area (Å²) in [6, 6.07) is 1.09. The number of hydrogen-bond acceptors (Lipinski definition) is 5. The molecule has 0 aliphatic carbocycles. The van der Waals surface area contributed by atoms with Crippen molar-refractivity contribution in [2.24, 2.45) is 0 Å². The van der Waals surface area contributed by atoms with Crippen LogP contribution in [-0.4, -0.2) is 40.6 Å². The fourth-order valence-corrected chi connectivity index (χ4v) is 3.21. The maximum absolute atomic E-state index is 4.52. The van der Waals surface area contributed by atoms with E-state index in [2.05, 4.69) is 41.1 Å². The van der Waals surface area contributed by atoms with Gasteiger partial charge in [0.15, 0.2) is 0 Å². The Balaban J connectivity index is 1.93. The van der Waals surface area contributed by atoms with Crippen LogP contribution in [0.3, 0.4) is 0 Å². The number of aromatic nitrogens is 2. The van der Waals surface area contributed by atoms with Gasteiger partial charge in [0.25, 0.3) is 0 Å². The number of thioether (sulfide) groups is 1. The van der Waals surface area contributed by atoms with E-state index in [0.717, 1.165) is 18.1 Å². The molecule has 2 rings (SSSR count). The van der Waals surface area contributed by atoms with Crippen molar-refractivity contribution in [2.75, 3.05) is 23.5 Å². The maximum atomic E-state index is 4.52. The molecule has 1 fully saturated rings. The fraction of sp³-hybridized carbons (Fsp3) is 0.692. The third-order valence-corrected chi connectivity index (χ3v) is 4.34. The molecule has 1 N–H and O–H groups in total. The van der Waals surface area contributed by atoms with Gasteiger partial charge in [-0.05, 0) is 12.2 Å². The van der Waals surface area contributed by atoms with Crippen LogP contribution in [-0.2, 0) is 6.54 Å². The lowest BCUT2D eigenvalue weighted by molar-refractivity contribution is 0.579. The Morgan fingerprint density at radius 2 is 2.28 bits per heavy atom. The Morgan fingerprint density at radius 3 is 2.83 bits per heavy atom. The number of hydrogen-bond donors (Lipinski definition) is 1. The Labute approximate surface area is 114 Å². The van der Waals surface area contributed by atoms with Crippen LogP contribution in [0, 0.1) is 0 Å². The molecule has 1 atom stereocenters. The molecule has 1 aromatic heterocycles. The first-order chi connectivity index (χ1) is 8.66. The van der Waals surface area contributed by atoms with Gasteiger partial charge in [-0.1, -0.05) is 13.8 Å². The Morgan fingerprint density at radius 1 is 1.44 bits per heavy atom. The molecule has 0 bridgehead atoms. The Kier molecular flexibility index (Phi) is 4.83. The highest BCUT2D eigenvalue weighted by Gasteiger charge is 2.21. The second kappa shape index (κ2) is 6.38. The molecule has 1 aliphatic heterocycles. The van der Waals surface area contributed by atoms with E-state index in [-0.39, 0.29) is 0 Å². The van der Waals surface area contributed by atoms with E-state index < -0.39 is 0 Å². The predicted octanol–water partition coefficient (Wildman–Crippen LogP) is 1.92. The van der Waals surface area contributed by atoms with Gasteiger partial charge in [-0.2, -0.15) is 11.8 Å². The summed E-state index contributed by atoms with van der Waals surface area (Å²) >= 11 is 2.02. The standard InChI is InChI=1S/C13H22N4S/c1-10(2)14-6-11-7-16-13(8-15-11)17(3)12-4-5-18-9-12/h7-8,10,12,14H,4-6,9H2,1-3H3. The first-order valence-electron chi connectivity index (χ1n) is 6.51. The van der Waals surface area contributed by atoms with Crippen LogP contribution < -0.4 is 10.2 Å². The van der Waals surface area contributed by atoms with Crippen LogP contribution in [0.25, 0.3) is 0 Å². The molecule has 18 heavy (non-hydrogen) atoms. The summed E-state index contributed by atoms with van der Waals surface area (Å²) in [5.41, 5.74) is 1.00. The summed E-state index contributed by atoms with van der Waals surface area (Å²) in [5, 5.41) is 3.35. The van der Waals surface area contributed by atoms with Crippen molar-refractivity contribution in [3.8, 4) is 0 Å². The molecule has 1 aliphatic rings. The lowest BCUT2D eigenvalue weighted by Gasteiger charge is -2.24. The van der Waals surface area contributed by atoms with Gasteiger partial charge >= 0.3 is 0 Å². The molecule has 1 unspecified atom stereocenters. The van der Waals surface area contributed by atoms with Crippen LogP contribution in [0.1, 0.15) is 26.0 Å². The minimum Gasteiger partial charge on any atom is -0.355 e. The molecule has 0 radical (unpaired) electrons. The van der Waals surface area contributed by atoms with Gasteiger partial charge in [0, 0.05) is 31.4 Å². The largest absolute Gasteiger partial charge is 0.355 e. The summed E-state index contributed by atoms with van der Waals surface area (Å²) < 4.78 is 0. The molecule has 0 aromatic carbocycles. The minimum absolute atomic E-state index is 0.477. The van der Waals surface area contributed by atoms with E-state index in [1.165, 1.54) is 17.9 Å². The molecule has 0 spiro atoms. The van der Waals surface area contributed by atoms with Crippen LogP contribution in [0.15, 0.2) is 12.4 Å². The van der Waals surface area contributed by atoms with Crippen molar-refractivity contribution in [1.82, 2.24) is 15.3 Å². The molecule has 4 nitrogen and oxygen atoms in total. The SMILES string of the molecule is CC(C)NCc1cnc(N(C)C2CCSC2)cn1. The van der Waals surface area contributed by atoms with E-state index in [0.29, 0.717) is 12.1 Å². The highest BCUT2D eigenvalue weighted by molar-refractivity contribution is 7.99. The second-order valence-corrected chi connectivity index (χ2v) is 6.18. The average Bonchev–Trinajstić information content (AvgIpc) is 2.90. The molecule has 0 amide bonds. The van der Waals surface area contributed by atoms with Crippen LogP contribution in [0.4, 0.5) is 5.82 Å².